The maximum Gasteiger partial charge on any atom is 0.153 e. The predicted molar refractivity (Wildman–Crippen MR) is 56.7 cm³/mol. The summed E-state index contributed by atoms with van der Waals surface area (Å²) in [6, 6.07) is 0.263. The van der Waals surface area contributed by atoms with Crippen molar-refractivity contribution in [3.05, 3.63) is 0 Å². The van der Waals surface area contributed by atoms with Gasteiger partial charge in [-0.15, -0.1) is 0 Å². The first-order chi connectivity index (χ1) is 6.58. The van der Waals surface area contributed by atoms with Gasteiger partial charge in [-0.2, -0.15) is 0 Å². The second kappa shape index (κ2) is 3.81. The van der Waals surface area contributed by atoms with Crippen molar-refractivity contribution in [1.29, 1.82) is 0 Å². The van der Waals surface area contributed by atoms with Crippen molar-refractivity contribution in [3.63, 3.8) is 0 Å². The van der Waals surface area contributed by atoms with E-state index in [1.165, 1.54) is 0 Å². The van der Waals surface area contributed by atoms with Gasteiger partial charge in [0.25, 0.3) is 0 Å². The zero-order valence-corrected chi connectivity index (χ0v) is 9.30. The molecule has 0 atom stereocenters. The normalized spacial score (nSPS) is 34.4. The minimum absolute atomic E-state index is 0.0284. The van der Waals surface area contributed by atoms with Gasteiger partial charge in [-0.1, -0.05) is 12.8 Å². The van der Waals surface area contributed by atoms with E-state index in [2.05, 4.69) is 0 Å². The molecule has 0 radical (unpaired) electrons. The molecule has 0 heterocycles. The Hall–Kier alpha value is -0.0900. The molecule has 0 saturated heterocycles. The molecule has 0 aromatic carbocycles. The zero-order chi connectivity index (χ0) is 10.2. The van der Waals surface area contributed by atoms with Gasteiger partial charge in [-0.3, -0.25) is 0 Å². The lowest BCUT2D eigenvalue weighted by molar-refractivity contribution is 0.291. The SMILES string of the molecule is NC1CC(CS(=O)(=O)C2CCCC2)C1. The Morgan fingerprint density at radius 3 is 2.21 bits per heavy atom. The van der Waals surface area contributed by atoms with Crippen LogP contribution in [0, 0.1) is 5.92 Å². The summed E-state index contributed by atoms with van der Waals surface area (Å²) in [4.78, 5) is 0. The summed E-state index contributed by atoms with van der Waals surface area (Å²) < 4.78 is 23.8. The minimum Gasteiger partial charge on any atom is -0.328 e. The Labute approximate surface area is 86.0 Å². The van der Waals surface area contributed by atoms with E-state index in [0.29, 0.717) is 11.7 Å². The maximum atomic E-state index is 11.9. The number of nitrogens with two attached hydrogens (primary N) is 1. The standard InChI is InChI=1S/C10H19NO2S/c11-9-5-8(6-9)7-14(12,13)10-3-1-2-4-10/h8-10H,1-7,11H2. The predicted octanol–water partition coefficient (Wildman–Crippen LogP) is 1.08. The van der Waals surface area contributed by atoms with Crippen molar-refractivity contribution >= 4 is 9.84 Å². The van der Waals surface area contributed by atoms with Gasteiger partial charge in [-0.05, 0) is 31.6 Å². The average Bonchev–Trinajstić information content (AvgIpc) is 2.52. The van der Waals surface area contributed by atoms with Gasteiger partial charge < -0.3 is 5.73 Å². The summed E-state index contributed by atoms with van der Waals surface area (Å²) in [7, 11) is -2.80. The number of hydrogen-bond acceptors (Lipinski definition) is 3. The Kier molecular flexibility index (Phi) is 2.84. The first-order valence-corrected chi connectivity index (χ1v) is 7.26. The van der Waals surface area contributed by atoms with E-state index in [4.69, 9.17) is 5.73 Å². The molecule has 0 aliphatic heterocycles. The molecule has 2 fully saturated rings. The van der Waals surface area contributed by atoms with Crippen LogP contribution in [0.15, 0.2) is 0 Å². The van der Waals surface area contributed by atoms with Gasteiger partial charge in [0.2, 0.25) is 0 Å². The van der Waals surface area contributed by atoms with Crippen molar-refractivity contribution < 1.29 is 8.42 Å². The monoisotopic (exact) mass is 217 g/mol. The lowest BCUT2D eigenvalue weighted by Crippen LogP contribution is -2.41. The number of sulfone groups is 1. The molecule has 0 aromatic rings. The summed E-state index contributed by atoms with van der Waals surface area (Å²) in [6.45, 7) is 0. The summed E-state index contributed by atoms with van der Waals surface area (Å²) in [5, 5.41) is -0.0284. The highest BCUT2D eigenvalue weighted by Crippen LogP contribution is 2.31. The zero-order valence-electron chi connectivity index (χ0n) is 8.48. The lowest BCUT2D eigenvalue weighted by atomic mass is 9.82. The van der Waals surface area contributed by atoms with Crippen molar-refractivity contribution in [3.8, 4) is 0 Å². The van der Waals surface area contributed by atoms with Crippen LogP contribution in [0.4, 0.5) is 0 Å². The fourth-order valence-electron chi connectivity index (χ4n) is 2.64. The third-order valence-corrected chi connectivity index (χ3v) is 5.97. The van der Waals surface area contributed by atoms with E-state index < -0.39 is 9.84 Å². The molecular weight excluding hydrogens is 198 g/mol. The summed E-state index contributed by atoms with van der Waals surface area (Å²) in [6.07, 6.45) is 5.78. The van der Waals surface area contributed by atoms with Gasteiger partial charge in [0.05, 0.1) is 11.0 Å². The molecule has 2 aliphatic carbocycles. The van der Waals surface area contributed by atoms with Crippen molar-refractivity contribution in [1.82, 2.24) is 0 Å². The third kappa shape index (κ3) is 2.11. The molecule has 0 unspecified atom stereocenters. The molecule has 2 rings (SSSR count). The molecule has 0 aromatic heterocycles. The van der Waals surface area contributed by atoms with Gasteiger partial charge >= 0.3 is 0 Å². The molecule has 82 valence electrons. The summed E-state index contributed by atoms with van der Waals surface area (Å²) in [5.74, 6) is 0.751. The first-order valence-electron chi connectivity index (χ1n) is 5.55. The van der Waals surface area contributed by atoms with Crippen LogP contribution in [0.2, 0.25) is 0 Å². The molecule has 0 amide bonds. The van der Waals surface area contributed by atoms with E-state index in [9.17, 15) is 8.42 Å². The summed E-state index contributed by atoms with van der Waals surface area (Å²) >= 11 is 0. The van der Waals surface area contributed by atoms with Gasteiger partial charge in [-0.25, -0.2) is 8.42 Å². The molecule has 0 bridgehead atoms. The summed E-state index contributed by atoms with van der Waals surface area (Å²) in [5.41, 5.74) is 5.65. The number of hydrogen-bond donors (Lipinski definition) is 1. The highest BCUT2D eigenvalue weighted by molar-refractivity contribution is 7.92. The van der Waals surface area contributed by atoms with E-state index in [1.807, 2.05) is 0 Å². The quantitative estimate of drug-likeness (QED) is 0.769. The molecule has 14 heavy (non-hydrogen) atoms. The highest BCUT2D eigenvalue weighted by Gasteiger charge is 2.35. The molecule has 3 nitrogen and oxygen atoms in total. The smallest absolute Gasteiger partial charge is 0.153 e. The van der Waals surface area contributed by atoms with Gasteiger partial charge in [0, 0.05) is 6.04 Å². The van der Waals surface area contributed by atoms with E-state index in [0.717, 1.165) is 38.5 Å². The van der Waals surface area contributed by atoms with Crippen LogP contribution < -0.4 is 5.73 Å². The van der Waals surface area contributed by atoms with Gasteiger partial charge in [0.1, 0.15) is 0 Å². The van der Waals surface area contributed by atoms with Crippen molar-refractivity contribution in [2.75, 3.05) is 5.75 Å². The largest absolute Gasteiger partial charge is 0.328 e. The maximum absolute atomic E-state index is 11.9. The van der Waals surface area contributed by atoms with Crippen LogP contribution in [-0.2, 0) is 9.84 Å². The Bertz CT molecular complexity index is 287. The van der Waals surface area contributed by atoms with Crippen LogP contribution in [0.25, 0.3) is 0 Å². The van der Waals surface area contributed by atoms with E-state index in [-0.39, 0.29) is 11.3 Å². The lowest BCUT2D eigenvalue weighted by Gasteiger charge is -2.32. The fraction of sp³-hybridized carbons (Fsp3) is 1.00. The number of rotatable bonds is 3. The first kappa shape index (κ1) is 10.4. The van der Waals surface area contributed by atoms with Crippen LogP contribution in [0.1, 0.15) is 38.5 Å². The Morgan fingerprint density at radius 1 is 1.14 bits per heavy atom. The van der Waals surface area contributed by atoms with Crippen LogP contribution in [0.3, 0.4) is 0 Å². The molecule has 2 aliphatic rings. The molecule has 0 spiro atoms. The van der Waals surface area contributed by atoms with Crippen molar-refractivity contribution in [2.45, 2.75) is 49.8 Å². The third-order valence-electron chi connectivity index (χ3n) is 3.55. The van der Waals surface area contributed by atoms with Gasteiger partial charge in [0.15, 0.2) is 9.84 Å². The Balaban J connectivity index is 1.89. The second-order valence-electron chi connectivity index (χ2n) is 4.83. The molecule has 2 saturated carbocycles. The average molecular weight is 217 g/mol. The van der Waals surface area contributed by atoms with Crippen molar-refractivity contribution in [2.24, 2.45) is 11.7 Å². The Morgan fingerprint density at radius 2 is 1.71 bits per heavy atom. The van der Waals surface area contributed by atoms with E-state index >= 15 is 0 Å². The molecule has 4 heteroatoms. The molecule has 2 N–H and O–H groups in total. The minimum atomic E-state index is -2.80. The van der Waals surface area contributed by atoms with Crippen LogP contribution in [-0.4, -0.2) is 25.5 Å². The topological polar surface area (TPSA) is 60.2 Å². The second-order valence-corrected chi connectivity index (χ2v) is 7.16. The molecular formula is C10H19NO2S. The fourth-order valence-corrected chi connectivity index (χ4v) is 4.89. The van der Waals surface area contributed by atoms with Crippen LogP contribution in [0.5, 0.6) is 0 Å². The highest BCUT2D eigenvalue weighted by atomic mass is 32.2. The van der Waals surface area contributed by atoms with E-state index in [1.54, 1.807) is 0 Å². The van der Waals surface area contributed by atoms with Crippen LogP contribution >= 0.6 is 0 Å².